The maximum Gasteiger partial charge on any atom is 0.268 e. The highest BCUT2D eigenvalue weighted by Crippen LogP contribution is 2.34. The van der Waals surface area contributed by atoms with Gasteiger partial charge in [0.2, 0.25) is 0 Å². The molecule has 4 aromatic rings. The summed E-state index contributed by atoms with van der Waals surface area (Å²) < 4.78 is 16.2. The van der Waals surface area contributed by atoms with Gasteiger partial charge in [0.05, 0.1) is 17.4 Å². The van der Waals surface area contributed by atoms with Crippen LogP contribution in [0, 0.1) is 18.3 Å². The number of halogens is 1. The predicted molar refractivity (Wildman–Crippen MR) is 122 cm³/mol. The number of fused-ring (bicyclic) bond motifs is 1. The van der Waals surface area contributed by atoms with Crippen molar-refractivity contribution < 1.29 is 9.18 Å². The number of aromatic nitrogens is 3. The zero-order chi connectivity index (χ0) is 22.8. The van der Waals surface area contributed by atoms with Crippen LogP contribution in [0.5, 0.6) is 0 Å². The molecule has 0 spiro atoms. The van der Waals surface area contributed by atoms with Gasteiger partial charge in [-0.05, 0) is 43.3 Å². The van der Waals surface area contributed by atoms with Crippen LogP contribution >= 0.6 is 11.8 Å². The number of aromatic amines is 1. The topological polar surface area (TPSA) is 111 Å². The van der Waals surface area contributed by atoms with E-state index < -0.39 is 5.82 Å². The Morgan fingerprint density at radius 2 is 2.12 bits per heavy atom. The first-order valence-electron chi connectivity index (χ1n) is 9.85. The third-order valence-electron chi connectivity index (χ3n) is 5.39. The Morgan fingerprint density at radius 1 is 1.31 bits per heavy atom. The molecule has 2 aromatic carbocycles. The molecule has 0 saturated heterocycles. The van der Waals surface area contributed by atoms with Gasteiger partial charge in [-0.3, -0.25) is 9.89 Å². The Bertz CT molecular complexity index is 1330. The van der Waals surface area contributed by atoms with Crippen LogP contribution in [0.1, 0.15) is 21.7 Å². The fourth-order valence-corrected chi connectivity index (χ4v) is 4.55. The molecule has 4 N–H and O–H groups in total. The summed E-state index contributed by atoms with van der Waals surface area (Å²) >= 11 is 1.57. The average molecular weight is 452 g/mol. The lowest BCUT2D eigenvalue weighted by molar-refractivity contribution is 0.0942. The van der Waals surface area contributed by atoms with E-state index in [0.29, 0.717) is 17.1 Å². The van der Waals surface area contributed by atoms with Crippen LogP contribution < -0.4 is 10.6 Å². The molecule has 0 aliphatic rings. The monoisotopic (exact) mass is 451 g/mol. The van der Waals surface area contributed by atoms with E-state index in [1.165, 1.54) is 12.1 Å². The smallest absolute Gasteiger partial charge is 0.268 e. The van der Waals surface area contributed by atoms with Gasteiger partial charge in [-0.15, -0.1) is 0 Å². The second-order valence-electron chi connectivity index (χ2n) is 7.22. The number of nitrogens with zero attached hydrogens (tertiary/aromatic N) is 3. The van der Waals surface area contributed by atoms with Crippen molar-refractivity contribution in [3.05, 3.63) is 65.4 Å². The van der Waals surface area contributed by atoms with Crippen molar-refractivity contribution in [1.82, 2.24) is 20.1 Å². The number of anilines is 1. The van der Waals surface area contributed by atoms with Crippen molar-refractivity contribution in [3.8, 4) is 0 Å². The molecule has 0 fully saturated rings. The first-order chi connectivity index (χ1) is 15.4. The second kappa shape index (κ2) is 8.83. The number of hydrogen-bond donors (Lipinski definition) is 4. The molecule has 4 rings (SSSR count). The van der Waals surface area contributed by atoms with E-state index in [4.69, 9.17) is 5.53 Å². The van der Waals surface area contributed by atoms with E-state index >= 15 is 0 Å². The van der Waals surface area contributed by atoms with Crippen LogP contribution in [0.25, 0.3) is 10.9 Å². The van der Waals surface area contributed by atoms with Crippen molar-refractivity contribution in [1.29, 1.82) is 5.53 Å². The number of amides is 1. The Labute approximate surface area is 188 Å². The third kappa shape index (κ3) is 3.96. The van der Waals surface area contributed by atoms with Gasteiger partial charge >= 0.3 is 0 Å². The lowest BCUT2D eigenvalue weighted by atomic mass is 10.1. The predicted octanol–water partition coefficient (Wildman–Crippen LogP) is 5.13. The van der Waals surface area contributed by atoms with E-state index in [1.807, 2.05) is 42.8 Å². The summed E-state index contributed by atoms with van der Waals surface area (Å²) in [5.41, 5.74) is 10.6. The summed E-state index contributed by atoms with van der Waals surface area (Å²) in [5.74, 6) is -0.793. The van der Waals surface area contributed by atoms with Crippen LogP contribution in [-0.4, -0.2) is 27.7 Å². The Morgan fingerprint density at radius 3 is 2.88 bits per heavy atom. The molecular weight excluding hydrogens is 429 g/mol. The fraction of sp³-hybridized carbons (Fsp3) is 0.182. The molecule has 32 heavy (non-hydrogen) atoms. The number of benzene rings is 2. The number of rotatable bonds is 7. The van der Waals surface area contributed by atoms with E-state index in [2.05, 4.69) is 25.9 Å². The zero-order valence-corrected chi connectivity index (χ0v) is 18.6. The number of nitrogens with one attached hydrogen (secondary N) is 4. The molecule has 0 radical (unpaired) electrons. The molecule has 8 nitrogen and oxygen atoms in total. The lowest BCUT2D eigenvalue weighted by Crippen LogP contribution is -2.26. The van der Waals surface area contributed by atoms with Crippen LogP contribution in [0.15, 0.2) is 57.5 Å². The van der Waals surface area contributed by atoms with Crippen LogP contribution in [0.3, 0.4) is 0 Å². The third-order valence-corrected chi connectivity index (χ3v) is 6.51. The summed E-state index contributed by atoms with van der Waals surface area (Å²) in [6, 6.07) is 10.5. The minimum atomic E-state index is -0.476. The van der Waals surface area contributed by atoms with Crippen molar-refractivity contribution >= 4 is 39.9 Å². The number of carbonyl (C=O) groups is 1. The van der Waals surface area contributed by atoms with Gasteiger partial charge in [-0.2, -0.15) is 10.2 Å². The SMILES string of the molecule is CNc1c(N=N)ccc(F)c1CNC(=O)c1cc(Sc2ccc3[nH]ncc3c2)c(C)n1C. The van der Waals surface area contributed by atoms with Gasteiger partial charge in [0.25, 0.3) is 5.91 Å². The molecule has 164 valence electrons. The van der Waals surface area contributed by atoms with E-state index in [9.17, 15) is 9.18 Å². The van der Waals surface area contributed by atoms with Crippen molar-refractivity contribution in [3.63, 3.8) is 0 Å². The zero-order valence-electron chi connectivity index (χ0n) is 17.8. The Kier molecular flexibility index (Phi) is 5.95. The summed E-state index contributed by atoms with van der Waals surface area (Å²) in [6.07, 6.45) is 1.78. The van der Waals surface area contributed by atoms with E-state index in [-0.39, 0.29) is 18.0 Å². The van der Waals surface area contributed by atoms with Crippen LogP contribution in [0.4, 0.5) is 15.8 Å². The van der Waals surface area contributed by atoms with E-state index in [0.717, 1.165) is 26.4 Å². The molecule has 2 heterocycles. The highest BCUT2D eigenvalue weighted by molar-refractivity contribution is 7.99. The number of H-pyrrole nitrogens is 1. The largest absolute Gasteiger partial charge is 0.386 e. The van der Waals surface area contributed by atoms with E-state index in [1.54, 1.807) is 25.0 Å². The Hall–Kier alpha value is -3.66. The highest BCUT2D eigenvalue weighted by atomic mass is 32.2. The summed E-state index contributed by atoms with van der Waals surface area (Å²) in [4.78, 5) is 14.9. The average Bonchev–Trinajstić information content (AvgIpc) is 3.37. The number of carbonyl (C=O) groups excluding carboxylic acids is 1. The highest BCUT2D eigenvalue weighted by Gasteiger charge is 2.19. The van der Waals surface area contributed by atoms with Gasteiger partial charge in [0.1, 0.15) is 17.2 Å². The first kappa shape index (κ1) is 21.6. The summed E-state index contributed by atoms with van der Waals surface area (Å²) in [7, 11) is 3.45. The van der Waals surface area contributed by atoms with Gasteiger partial charge in [0.15, 0.2) is 0 Å². The van der Waals surface area contributed by atoms with Gasteiger partial charge in [0, 0.05) is 47.1 Å². The van der Waals surface area contributed by atoms with Crippen molar-refractivity contribution in [2.24, 2.45) is 12.2 Å². The Balaban J connectivity index is 1.54. The molecule has 0 aliphatic heterocycles. The molecule has 1 amide bonds. The maximum absolute atomic E-state index is 14.4. The van der Waals surface area contributed by atoms with Crippen molar-refractivity contribution in [2.75, 3.05) is 12.4 Å². The summed E-state index contributed by atoms with van der Waals surface area (Å²) in [5, 5.41) is 17.1. The molecule has 0 aliphatic carbocycles. The van der Waals surface area contributed by atoms with Gasteiger partial charge < -0.3 is 15.2 Å². The molecule has 2 aromatic heterocycles. The van der Waals surface area contributed by atoms with Crippen molar-refractivity contribution in [2.45, 2.75) is 23.3 Å². The minimum absolute atomic E-state index is 0.0337. The normalized spacial score (nSPS) is 11.0. The minimum Gasteiger partial charge on any atom is -0.386 e. The lowest BCUT2D eigenvalue weighted by Gasteiger charge is -2.13. The fourth-order valence-electron chi connectivity index (χ4n) is 3.52. The molecule has 10 heteroatoms. The van der Waals surface area contributed by atoms with Gasteiger partial charge in [-0.1, -0.05) is 11.8 Å². The summed E-state index contributed by atoms with van der Waals surface area (Å²) in [6.45, 7) is 1.92. The molecule has 0 atom stereocenters. The van der Waals surface area contributed by atoms with Gasteiger partial charge in [-0.25, -0.2) is 9.92 Å². The quantitative estimate of drug-likeness (QED) is 0.292. The maximum atomic E-state index is 14.4. The second-order valence-corrected chi connectivity index (χ2v) is 8.34. The molecule has 0 unspecified atom stereocenters. The first-order valence-corrected chi connectivity index (χ1v) is 10.7. The molecule has 0 bridgehead atoms. The van der Waals surface area contributed by atoms with Crippen LogP contribution in [0.2, 0.25) is 0 Å². The standard InChI is InChI=1S/C22H22FN7OS/c1-12-20(32-14-4-6-17-13(8-14)10-27-29-17)9-19(30(12)3)22(31)26-11-15-16(23)5-7-18(28-24)21(15)25-2/h4-10,24-25H,11H2,1-3H3,(H,26,31)(H,27,29). The number of hydrogen-bond acceptors (Lipinski definition) is 6. The molecular formula is C22H22FN7OS. The molecule has 0 saturated carbocycles. The van der Waals surface area contributed by atoms with Crippen LogP contribution in [-0.2, 0) is 13.6 Å².